The van der Waals surface area contributed by atoms with Crippen molar-refractivity contribution in [3.05, 3.63) is 0 Å². The Morgan fingerprint density at radius 2 is 2.10 bits per heavy atom. The van der Waals surface area contributed by atoms with Gasteiger partial charge in [-0.2, -0.15) is 4.31 Å². The molecule has 9 heteroatoms. The first-order chi connectivity index (χ1) is 9.48. The van der Waals surface area contributed by atoms with Crippen molar-refractivity contribution in [2.24, 2.45) is 5.92 Å². The summed E-state index contributed by atoms with van der Waals surface area (Å²) in [7, 11) is -3.58. The highest BCUT2D eigenvalue weighted by molar-refractivity contribution is 7.91. The van der Waals surface area contributed by atoms with Gasteiger partial charge in [0.25, 0.3) is 10.0 Å². The van der Waals surface area contributed by atoms with E-state index in [9.17, 15) is 13.2 Å². The molecule has 0 aromatic carbocycles. The van der Waals surface area contributed by atoms with Gasteiger partial charge in [0.1, 0.15) is 0 Å². The summed E-state index contributed by atoms with van der Waals surface area (Å²) in [5.41, 5.74) is 0. The molecule has 1 aromatic rings. The van der Waals surface area contributed by atoms with E-state index in [1.807, 2.05) is 0 Å². The quantitative estimate of drug-likeness (QED) is 0.839. The van der Waals surface area contributed by atoms with Crippen LogP contribution < -0.4 is 5.32 Å². The zero-order valence-corrected chi connectivity index (χ0v) is 12.7. The zero-order valence-electron chi connectivity index (χ0n) is 11.1. The third-order valence-electron chi connectivity index (χ3n) is 3.63. The van der Waals surface area contributed by atoms with E-state index in [0.717, 1.165) is 37.0 Å². The van der Waals surface area contributed by atoms with Gasteiger partial charge >= 0.3 is 0 Å². The van der Waals surface area contributed by atoms with Crippen LogP contribution in [0, 0.1) is 5.92 Å². The summed E-state index contributed by atoms with van der Waals surface area (Å²) in [6.07, 6.45) is 4.06. The molecular weight excluding hydrogens is 300 g/mol. The maximum Gasteiger partial charge on any atom is 0.272 e. The summed E-state index contributed by atoms with van der Waals surface area (Å²) < 4.78 is 26.7. The van der Waals surface area contributed by atoms with Gasteiger partial charge in [-0.1, -0.05) is 11.3 Å². The molecule has 2 aliphatic rings. The van der Waals surface area contributed by atoms with Gasteiger partial charge in [-0.25, -0.2) is 8.42 Å². The van der Waals surface area contributed by atoms with Crippen LogP contribution >= 0.6 is 11.3 Å². The number of nitrogens with one attached hydrogen (secondary N) is 1. The number of rotatable bonds is 4. The minimum absolute atomic E-state index is 0.0335. The summed E-state index contributed by atoms with van der Waals surface area (Å²) in [5, 5.41) is 10.1. The van der Waals surface area contributed by atoms with Gasteiger partial charge in [0, 0.05) is 19.5 Å². The third kappa shape index (κ3) is 2.57. The maximum absolute atomic E-state index is 12.6. The highest BCUT2D eigenvalue weighted by Gasteiger charge is 2.44. The molecule has 1 N–H and O–H groups in total. The number of amides is 1. The standard InChI is InChI=1S/C11H16N4O3S2/c1-7(16)12-10-13-14-11(19-10)20(17,18)15-6-2-3-9(15)8-4-5-8/h8-9H,2-6H2,1H3,(H,12,13,16). The SMILES string of the molecule is CC(=O)Nc1nnc(S(=O)(=O)N2CCCC2C2CC2)s1. The van der Waals surface area contributed by atoms with Crippen molar-refractivity contribution < 1.29 is 13.2 Å². The predicted molar refractivity (Wildman–Crippen MR) is 73.9 cm³/mol. The van der Waals surface area contributed by atoms with Crippen molar-refractivity contribution in [2.75, 3.05) is 11.9 Å². The first kappa shape index (κ1) is 13.9. The van der Waals surface area contributed by atoms with E-state index in [4.69, 9.17) is 0 Å². The van der Waals surface area contributed by atoms with Crippen molar-refractivity contribution in [1.82, 2.24) is 14.5 Å². The number of hydrogen-bond donors (Lipinski definition) is 1. The summed E-state index contributed by atoms with van der Waals surface area (Å²) in [5.74, 6) is 0.220. The van der Waals surface area contributed by atoms with Gasteiger partial charge < -0.3 is 5.32 Å². The van der Waals surface area contributed by atoms with Gasteiger partial charge in [0.2, 0.25) is 15.4 Å². The van der Waals surface area contributed by atoms with E-state index in [0.29, 0.717) is 12.5 Å². The van der Waals surface area contributed by atoms with E-state index >= 15 is 0 Å². The minimum Gasteiger partial charge on any atom is -0.301 e. The molecule has 0 bridgehead atoms. The van der Waals surface area contributed by atoms with Crippen LogP contribution in [0.3, 0.4) is 0 Å². The van der Waals surface area contributed by atoms with Crippen LogP contribution in [0.1, 0.15) is 32.6 Å². The van der Waals surface area contributed by atoms with Gasteiger partial charge in [-0.3, -0.25) is 4.79 Å². The van der Waals surface area contributed by atoms with Crippen LogP contribution in [0.25, 0.3) is 0 Å². The van der Waals surface area contributed by atoms with Crippen LogP contribution in [0.2, 0.25) is 0 Å². The molecule has 1 unspecified atom stereocenters. The molecule has 1 atom stereocenters. The zero-order chi connectivity index (χ0) is 14.3. The summed E-state index contributed by atoms with van der Waals surface area (Å²) >= 11 is 0.905. The first-order valence-electron chi connectivity index (χ1n) is 6.61. The topological polar surface area (TPSA) is 92.3 Å². The second-order valence-corrected chi connectivity index (χ2v) is 8.26. The third-order valence-corrected chi connectivity index (χ3v) is 6.74. The number of nitrogens with zero attached hydrogens (tertiary/aromatic N) is 3. The number of sulfonamides is 1. The number of anilines is 1. The highest BCUT2D eigenvalue weighted by atomic mass is 32.2. The van der Waals surface area contributed by atoms with E-state index in [2.05, 4.69) is 15.5 Å². The smallest absolute Gasteiger partial charge is 0.272 e. The molecule has 7 nitrogen and oxygen atoms in total. The van der Waals surface area contributed by atoms with Crippen molar-refractivity contribution in [3.63, 3.8) is 0 Å². The molecular formula is C11H16N4O3S2. The molecule has 0 spiro atoms. The largest absolute Gasteiger partial charge is 0.301 e. The highest BCUT2D eigenvalue weighted by Crippen LogP contribution is 2.42. The molecule has 110 valence electrons. The second-order valence-electron chi connectivity index (χ2n) is 5.22. The van der Waals surface area contributed by atoms with E-state index in [1.54, 1.807) is 4.31 Å². The fraction of sp³-hybridized carbons (Fsp3) is 0.727. The van der Waals surface area contributed by atoms with Crippen LogP contribution in [-0.4, -0.2) is 41.4 Å². The average molecular weight is 316 g/mol. The Bertz CT molecular complexity index is 623. The fourth-order valence-electron chi connectivity index (χ4n) is 2.63. The lowest BCUT2D eigenvalue weighted by atomic mass is 10.1. The number of carbonyl (C=O) groups excluding carboxylic acids is 1. The normalized spacial score (nSPS) is 23.9. The van der Waals surface area contributed by atoms with Crippen LogP contribution in [0.15, 0.2) is 4.34 Å². The van der Waals surface area contributed by atoms with E-state index < -0.39 is 10.0 Å². The van der Waals surface area contributed by atoms with Crippen molar-refractivity contribution >= 4 is 32.4 Å². The number of hydrogen-bond acceptors (Lipinski definition) is 6. The van der Waals surface area contributed by atoms with Gasteiger partial charge in [-0.15, -0.1) is 10.2 Å². The Labute approximate surface area is 121 Å². The van der Waals surface area contributed by atoms with E-state index in [-0.39, 0.29) is 21.4 Å². The molecule has 1 aliphatic carbocycles. The van der Waals surface area contributed by atoms with Crippen molar-refractivity contribution in [3.8, 4) is 0 Å². The predicted octanol–water partition coefficient (Wildman–Crippen LogP) is 1.06. The molecule has 3 rings (SSSR count). The Hall–Kier alpha value is -1.06. The average Bonchev–Trinajstić information content (AvgIpc) is 2.90. The Balaban J connectivity index is 1.83. The second kappa shape index (κ2) is 5.05. The fourth-order valence-corrected chi connectivity index (χ4v) is 5.45. The van der Waals surface area contributed by atoms with Crippen molar-refractivity contribution in [2.45, 2.75) is 43.0 Å². The van der Waals surface area contributed by atoms with Crippen LogP contribution in [-0.2, 0) is 14.8 Å². The molecule has 1 saturated heterocycles. The number of aromatic nitrogens is 2. The van der Waals surface area contributed by atoms with Crippen molar-refractivity contribution in [1.29, 1.82) is 0 Å². The van der Waals surface area contributed by atoms with Gasteiger partial charge in [-0.05, 0) is 31.6 Å². The summed E-state index contributed by atoms with van der Waals surface area (Å²) in [4.78, 5) is 10.9. The lowest BCUT2D eigenvalue weighted by Gasteiger charge is -2.22. The Kier molecular flexibility index (Phi) is 3.51. The molecule has 2 fully saturated rings. The van der Waals surface area contributed by atoms with Crippen LogP contribution in [0.5, 0.6) is 0 Å². The molecule has 20 heavy (non-hydrogen) atoms. The Morgan fingerprint density at radius 1 is 1.35 bits per heavy atom. The van der Waals surface area contributed by atoms with Gasteiger partial charge in [0.15, 0.2) is 0 Å². The molecule has 1 aromatic heterocycles. The lowest BCUT2D eigenvalue weighted by molar-refractivity contribution is -0.114. The molecule has 1 saturated carbocycles. The molecule has 1 amide bonds. The lowest BCUT2D eigenvalue weighted by Crippen LogP contribution is -2.36. The molecule has 1 aliphatic heterocycles. The first-order valence-corrected chi connectivity index (χ1v) is 8.87. The maximum atomic E-state index is 12.6. The summed E-state index contributed by atoms with van der Waals surface area (Å²) in [6, 6.07) is 0.119. The monoisotopic (exact) mass is 316 g/mol. The van der Waals surface area contributed by atoms with Gasteiger partial charge in [0.05, 0.1) is 0 Å². The molecule has 0 radical (unpaired) electrons. The minimum atomic E-state index is -3.58. The molecule has 2 heterocycles. The number of carbonyl (C=O) groups is 1. The van der Waals surface area contributed by atoms with Crippen LogP contribution in [0.4, 0.5) is 5.13 Å². The Morgan fingerprint density at radius 3 is 2.75 bits per heavy atom. The summed E-state index contributed by atoms with van der Waals surface area (Å²) in [6.45, 7) is 1.90. The van der Waals surface area contributed by atoms with E-state index in [1.165, 1.54) is 6.92 Å².